The fraction of sp³-hybridized carbons (Fsp3) is 0.676. The number of fused-ring (bicyclic) bond motifs is 7. The van der Waals surface area contributed by atoms with Crippen molar-refractivity contribution in [1.29, 1.82) is 5.26 Å². The molecule has 8 heteroatoms. The minimum absolute atomic E-state index is 0.00391. The van der Waals surface area contributed by atoms with E-state index in [2.05, 4.69) is 45.4 Å². The second kappa shape index (κ2) is 8.99. The van der Waals surface area contributed by atoms with Crippen LogP contribution in [0.25, 0.3) is 0 Å². The van der Waals surface area contributed by atoms with Crippen LogP contribution in [0.1, 0.15) is 93.4 Å². The number of ketones is 2. The Hall–Kier alpha value is -2.08. The summed E-state index contributed by atoms with van der Waals surface area (Å²) in [6.07, 6.45) is 9.26. The van der Waals surface area contributed by atoms with E-state index in [-0.39, 0.29) is 51.1 Å². The molecule has 0 amide bonds. The van der Waals surface area contributed by atoms with Crippen LogP contribution >= 0.6 is 11.3 Å². The summed E-state index contributed by atoms with van der Waals surface area (Å²) in [5.74, 6) is -0.473. The molecule has 0 radical (unpaired) electrons. The van der Waals surface area contributed by atoms with Gasteiger partial charge in [-0.15, -0.1) is 11.3 Å². The fourth-order valence-corrected chi connectivity index (χ4v) is 13.0. The van der Waals surface area contributed by atoms with E-state index >= 15 is 0 Å². The van der Waals surface area contributed by atoms with Crippen LogP contribution in [-0.4, -0.2) is 25.5 Å². The molecule has 3 fully saturated rings. The zero-order valence-electron chi connectivity index (χ0n) is 26.0. The number of nitrogens with one attached hydrogen (secondary N) is 1. The van der Waals surface area contributed by atoms with E-state index in [1.54, 1.807) is 17.5 Å². The molecule has 5 aliphatic carbocycles. The number of nitriles is 1. The Morgan fingerprint density at radius 2 is 1.69 bits per heavy atom. The standard InChI is InChI=1S/C34H44N2O4S2/c1-29(2)12-14-34(36-42(39,40)26-9-8-16-41-26)15-13-33(7)27(22(34)19-29)23(37)17-25-31(5)18-21(20-35)28(38)30(3,4)24(31)10-11-32(25,33)6/h8-9,16-18,22,24,27,36H,10-15,19H2,1-7H3/t22-,24+,27+,31-,32-,33-,34-/m1/s1. The summed E-state index contributed by atoms with van der Waals surface area (Å²) >= 11 is 1.22. The molecule has 1 heterocycles. The zero-order valence-corrected chi connectivity index (χ0v) is 27.6. The van der Waals surface area contributed by atoms with Gasteiger partial charge < -0.3 is 0 Å². The van der Waals surface area contributed by atoms with E-state index in [9.17, 15) is 23.3 Å². The first kappa shape index (κ1) is 30.0. The van der Waals surface area contributed by atoms with Gasteiger partial charge in [-0.05, 0) is 90.5 Å². The van der Waals surface area contributed by atoms with E-state index in [4.69, 9.17) is 0 Å². The van der Waals surface area contributed by atoms with Crippen LogP contribution in [0.3, 0.4) is 0 Å². The van der Waals surface area contributed by atoms with Crippen molar-refractivity contribution < 1.29 is 18.0 Å². The summed E-state index contributed by atoms with van der Waals surface area (Å²) in [5, 5.41) is 11.7. The number of thiophene rings is 1. The lowest BCUT2D eigenvalue weighted by atomic mass is 9.35. The zero-order chi connectivity index (χ0) is 30.7. The number of hydrogen-bond donors (Lipinski definition) is 1. The number of nitrogens with zero attached hydrogens (tertiary/aromatic N) is 1. The predicted molar refractivity (Wildman–Crippen MR) is 164 cm³/mol. The molecule has 0 bridgehead atoms. The molecule has 6 rings (SSSR count). The first-order chi connectivity index (χ1) is 19.4. The Balaban J connectivity index is 1.50. The van der Waals surface area contributed by atoms with Crippen LogP contribution < -0.4 is 4.72 Å². The maximum atomic E-state index is 14.6. The number of rotatable bonds is 3. The summed E-state index contributed by atoms with van der Waals surface area (Å²) in [5.41, 5.74) is -1.42. The maximum Gasteiger partial charge on any atom is 0.250 e. The van der Waals surface area contributed by atoms with Crippen LogP contribution in [0.5, 0.6) is 0 Å². The minimum Gasteiger partial charge on any atom is -0.295 e. The molecule has 0 aliphatic heterocycles. The maximum absolute atomic E-state index is 14.6. The van der Waals surface area contributed by atoms with E-state index in [1.807, 2.05) is 26.0 Å². The number of carbonyl (C=O) groups is 2. The van der Waals surface area contributed by atoms with Gasteiger partial charge in [0.1, 0.15) is 10.3 Å². The van der Waals surface area contributed by atoms with Gasteiger partial charge in [0.2, 0.25) is 0 Å². The number of Topliss-reactive ketones (excluding diaryl/α,β-unsaturated/α-hetero) is 1. The van der Waals surface area contributed by atoms with Crippen molar-refractivity contribution in [2.45, 2.75) is 103 Å². The van der Waals surface area contributed by atoms with Gasteiger partial charge in [0, 0.05) is 22.3 Å². The molecule has 1 aromatic heterocycles. The SMILES string of the molecule is CC1(C)CC[C@@]2(NS(=O)(=O)c3cccs3)CC[C@]3(C)[C@H](C(=O)C=C4[C@]5(C)C=C(C#N)C(=O)C(C)(C)[C@@H]5CC[C@]43C)[C@H]2C1. The lowest BCUT2D eigenvalue weighted by Gasteiger charge is -2.69. The molecule has 0 spiro atoms. The lowest BCUT2D eigenvalue weighted by molar-refractivity contribution is -0.159. The Morgan fingerprint density at radius 1 is 1.00 bits per heavy atom. The second-order valence-corrected chi connectivity index (χ2v) is 18.8. The van der Waals surface area contributed by atoms with Crippen LogP contribution in [-0.2, 0) is 19.6 Å². The van der Waals surface area contributed by atoms with Crippen molar-refractivity contribution >= 4 is 32.9 Å². The molecule has 226 valence electrons. The monoisotopic (exact) mass is 608 g/mol. The average molecular weight is 609 g/mol. The highest BCUT2D eigenvalue weighted by atomic mass is 32.2. The molecule has 0 aromatic carbocycles. The van der Waals surface area contributed by atoms with Crippen molar-refractivity contribution in [2.75, 3.05) is 0 Å². The van der Waals surface area contributed by atoms with Gasteiger partial charge in [-0.3, -0.25) is 9.59 Å². The highest BCUT2D eigenvalue weighted by molar-refractivity contribution is 7.91. The number of sulfonamides is 1. The molecule has 7 atom stereocenters. The largest absolute Gasteiger partial charge is 0.295 e. The predicted octanol–water partition coefficient (Wildman–Crippen LogP) is 7.00. The Bertz CT molecular complexity index is 1580. The van der Waals surface area contributed by atoms with Crippen LogP contribution in [0.4, 0.5) is 0 Å². The summed E-state index contributed by atoms with van der Waals surface area (Å²) in [4.78, 5) is 27.9. The van der Waals surface area contributed by atoms with Crippen LogP contribution in [0.15, 0.2) is 45.0 Å². The van der Waals surface area contributed by atoms with E-state index in [0.29, 0.717) is 17.1 Å². The van der Waals surface area contributed by atoms with Crippen molar-refractivity contribution in [3.05, 3.63) is 40.8 Å². The average Bonchev–Trinajstić information content (AvgIpc) is 3.45. The lowest BCUT2D eigenvalue weighted by Crippen LogP contribution is -2.69. The smallest absolute Gasteiger partial charge is 0.250 e. The Kier molecular flexibility index (Phi) is 6.41. The number of allylic oxidation sites excluding steroid dienone is 4. The number of hydrogen-bond acceptors (Lipinski definition) is 6. The molecular weight excluding hydrogens is 565 g/mol. The molecule has 42 heavy (non-hydrogen) atoms. The van der Waals surface area contributed by atoms with Crippen molar-refractivity contribution in [2.24, 2.45) is 44.8 Å². The van der Waals surface area contributed by atoms with Gasteiger partial charge in [0.05, 0.1) is 5.57 Å². The van der Waals surface area contributed by atoms with E-state index < -0.39 is 26.4 Å². The molecule has 0 saturated heterocycles. The topological polar surface area (TPSA) is 104 Å². The Morgan fingerprint density at radius 3 is 2.33 bits per heavy atom. The highest BCUT2D eigenvalue weighted by Crippen LogP contribution is 2.73. The minimum atomic E-state index is -3.73. The fourth-order valence-electron chi connectivity index (χ4n) is 10.5. The van der Waals surface area contributed by atoms with Gasteiger partial charge in [0.15, 0.2) is 11.6 Å². The summed E-state index contributed by atoms with van der Waals surface area (Å²) in [6, 6.07) is 5.58. The third-order valence-corrected chi connectivity index (χ3v) is 15.9. The van der Waals surface area contributed by atoms with Crippen molar-refractivity contribution in [3.63, 3.8) is 0 Å². The first-order valence-electron chi connectivity index (χ1n) is 15.4. The highest BCUT2D eigenvalue weighted by Gasteiger charge is 2.70. The summed E-state index contributed by atoms with van der Waals surface area (Å²) in [6.45, 7) is 15.1. The Labute approximate surface area is 255 Å². The van der Waals surface area contributed by atoms with Gasteiger partial charge >= 0.3 is 0 Å². The molecule has 3 saturated carbocycles. The van der Waals surface area contributed by atoms with E-state index in [1.165, 1.54) is 11.3 Å². The van der Waals surface area contributed by atoms with Crippen molar-refractivity contribution in [3.8, 4) is 6.07 Å². The third kappa shape index (κ3) is 3.85. The van der Waals surface area contributed by atoms with Crippen molar-refractivity contribution in [1.82, 2.24) is 4.72 Å². The third-order valence-electron chi connectivity index (χ3n) is 13.0. The van der Waals surface area contributed by atoms with Crippen LogP contribution in [0.2, 0.25) is 0 Å². The molecule has 0 unspecified atom stereocenters. The van der Waals surface area contributed by atoms with E-state index in [0.717, 1.165) is 37.7 Å². The first-order valence-corrected chi connectivity index (χ1v) is 17.8. The van der Waals surface area contributed by atoms with Gasteiger partial charge in [-0.25, -0.2) is 13.1 Å². The molecule has 1 N–H and O–H groups in total. The molecule has 5 aliphatic rings. The summed E-state index contributed by atoms with van der Waals surface area (Å²) in [7, 11) is -3.73. The van der Waals surface area contributed by atoms with Crippen LogP contribution in [0, 0.1) is 56.2 Å². The second-order valence-electron chi connectivity index (χ2n) is 16.0. The molecule has 1 aromatic rings. The number of carbonyl (C=O) groups excluding carboxylic acids is 2. The van der Waals surface area contributed by atoms with Gasteiger partial charge in [-0.1, -0.05) is 66.2 Å². The summed E-state index contributed by atoms with van der Waals surface area (Å²) < 4.78 is 30.9. The van der Waals surface area contributed by atoms with Gasteiger partial charge in [-0.2, -0.15) is 5.26 Å². The van der Waals surface area contributed by atoms with Gasteiger partial charge in [0.25, 0.3) is 10.0 Å². The molecular formula is C34H44N2O4S2. The molecule has 6 nitrogen and oxygen atoms in total. The quantitative estimate of drug-likeness (QED) is 0.398. The normalized spacial score (nSPS) is 42.2.